The van der Waals surface area contributed by atoms with Gasteiger partial charge >= 0.3 is 0 Å². The van der Waals surface area contributed by atoms with Crippen molar-refractivity contribution in [1.82, 2.24) is 14.5 Å². The molecule has 0 bridgehead atoms. The fourth-order valence-corrected chi connectivity index (χ4v) is 5.61. The Morgan fingerprint density at radius 1 is 0.935 bits per heavy atom. The van der Waals surface area contributed by atoms with E-state index in [1.54, 1.807) is 56.0 Å². The fourth-order valence-electron chi connectivity index (χ4n) is 5.61. The molecule has 0 radical (unpaired) electrons. The van der Waals surface area contributed by atoms with Crippen LogP contribution in [0.3, 0.4) is 0 Å². The first-order valence-electron chi connectivity index (χ1n) is 15.7. The number of carbonyl (C=O) groups is 2. The number of amides is 1. The molecule has 0 saturated carbocycles. The highest BCUT2D eigenvalue weighted by atomic mass is 16.5. The average Bonchev–Trinajstić information content (AvgIpc) is 3.69. The molecule has 1 aromatic heterocycles. The highest BCUT2D eigenvalue weighted by Crippen LogP contribution is 2.42. The summed E-state index contributed by atoms with van der Waals surface area (Å²) in [5.74, 6) is 0.0623. The predicted molar refractivity (Wildman–Crippen MR) is 176 cm³/mol. The van der Waals surface area contributed by atoms with Crippen molar-refractivity contribution in [2.75, 3.05) is 20.3 Å². The van der Waals surface area contributed by atoms with Crippen molar-refractivity contribution >= 4 is 17.4 Å². The second-order valence-electron chi connectivity index (χ2n) is 11.4. The third kappa shape index (κ3) is 7.42. The van der Waals surface area contributed by atoms with E-state index in [-0.39, 0.29) is 11.3 Å². The molecule has 1 aliphatic heterocycles. The third-order valence-corrected chi connectivity index (χ3v) is 8.21. The van der Waals surface area contributed by atoms with Crippen molar-refractivity contribution in [1.29, 1.82) is 0 Å². The van der Waals surface area contributed by atoms with E-state index in [1.165, 1.54) is 4.90 Å². The molecule has 9 heteroatoms. The summed E-state index contributed by atoms with van der Waals surface area (Å²) >= 11 is 0. The molecular formula is C37H41N3O6. The molecule has 1 unspecified atom stereocenters. The summed E-state index contributed by atoms with van der Waals surface area (Å²) in [5, 5.41) is 11.6. The summed E-state index contributed by atoms with van der Waals surface area (Å²) in [5.41, 5.74) is 3.29. The van der Waals surface area contributed by atoms with Crippen LogP contribution in [0.15, 0.2) is 91.0 Å². The number of Topliss-reactive ketones (excluding diaryl/α,β-unsaturated/α-hetero) is 1. The van der Waals surface area contributed by atoms with Crippen molar-refractivity contribution < 1.29 is 28.9 Å². The minimum absolute atomic E-state index is 0.0277. The van der Waals surface area contributed by atoms with Crippen molar-refractivity contribution in [3.63, 3.8) is 0 Å². The summed E-state index contributed by atoms with van der Waals surface area (Å²) in [7, 11) is 1.56. The van der Waals surface area contributed by atoms with Crippen molar-refractivity contribution in [2.45, 2.75) is 58.7 Å². The van der Waals surface area contributed by atoms with Crippen LogP contribution in [0.4, 0.5) is 0 Å². The Kier molecular flexibility index (Phi) is 10.8. The van der Waals surface area contributed by atoms with Gasteiger partial charge in [0.15, 0.2) is 11.5 Å². The molecule has 1 aliphatic rings. The smallest absolute Gasteiger partial charge is 0.295 e. The summed E-state index contributed by atoms with van der Waals surface area (Å²) in [6.07, 6.45) is 8.92. The van der Waals surface area contributed by atoms with Gasteiger partial charge in [0.05, 0.1) is 31.7 Å². The van der Waals surface area contributed by atoms with Gasteiger partial charge in [-0.25, -0.2) is 4.98 Å². The Morgan fingerprint density at radius 2 is 1.74 bits per heavy atom. The zero-order valence-corrected chi connectivity index (χ0v) is 26.6. The first kappa shape index (κ1) is 32.3. The second-order valence-corrected chi connectivity index (χ2v) is 11.4. The van der Waals surface area contributed by atoms with Crippen LogP contribution in [-0.4, -0.2) is 51.5 Å². The molecule has 1 fully saturated rings. The summed E-state index contributed by atoms with van der Waals surface area (Å²) in [4.78, 5) is 32.7. The van der Waals surface area contributed by atoms with Crippen LogP contribution in [0.25, 0.3) is 5.76 Å². The fraction of sp³-hybridized carbons (Fsp3) is 0.324. The maximum atomic E-state index is 13.6. The lowest BCUT2D eigenvalue weighted by molar-refractivity contribution is -0.139. The summed E-state index contributed by atoms with van der Waals surface area (Å²) in [6, 6.07) is 19.5. The lowest BCUT2D eigenvalue weighted by Crippen LogP contribution is -2.31. The number of ether oxygens (including phenoxy) is 3. The topological polar surface area (TPSA) is 103 Å². The van der Waals surface area contributed by atoms with Gasteiger partial charge in [0.25, 0.3) is 11.7 Å². The zero-order valence-electron chi connectivity index (χ0n) is 26.6. The van der Waals surface area contributed by atoms with Crippen molar-refractivity contribution in [3.05, 3.63) is 113 Å². The molecule has 1 atom stereocenters. The number of carbonyl (C=O) groups excluding carboxylic acids is 2. The van der Waals surface area contributed by atoms with Crippen LogP contribution in [0, 0.1) is 6.92 Å². The summed E-state index contributed by atoms with van der Waals surface area (Å²) in [6.45, 7) is 6.05. The van der Waals surface area contributed by atoms with E-state index in [9.17, 15) is 14.7 Å². The second kappa shape index (κ2) is 15.3. The number of aliphatic hydroxyl groups excluding tert-OH is 1. The molecule has 1 saturated heterocycles. The van der Waals surface area contributed by atoms with Crippen LogP contribution in [0.2, 0.25) is 0 Å². The number of rotatable bonds is 15. The monoisotopic (exact) mass is 623 g/mol. The van der Waals surface area contributed by atoms with E-state index < -0.39 is 17.7 Å². The number of methoxy groups -OCH3 is 1. The molecule has 1 N–H and O–H groups in total. The Labute approximate surface area is 270 Å². The lowest BCUT2D eigenvalue weighted by atomic mass is 9.95. The maximum Gasteiger partial charge on any atom is 0.295 e. The van der Waals surface area contributed by atoms with Crippen LogP contribution in [0.1, 0.15) is 60.9 Å². The number of aromatic nitrogens is 2. The number of benzene rings is 3. The SMILES string of the molecule is CCCCCOc1ccc(C2C(=C(O)c3ccc(OCc4ccccc4C)cc3)C(=O)C(=O)N2CCCn2ccnc2)cc1OC. The van der Waals surface area contributed by atoms with Crippen LogP contribution < -0.4 is 14.2 Å². The van der Waals surface area contributed by atoms with Crippen molar-refractivity contribution in [3.8, 4) is 17.2 Å². The standard InChI is InChI=1S/C37H41N3O6/c1-4-5-8-22-45-31-17-14-28(23-32(31)44-3)34-33(36(42)37(43)40(34)20-9-19-39-21-18-38-25-39)35(41)27-12-15-30(16-13-27)46-24-29-11-7-6-10-26(29)2/h6-7,10-18,21,23,25,34,41H,4-5,8-9,19-20,22,24H2,1-3H3. The maximum absolute atomic E-state index is 13.6. The predicted octanol–water partition coefficient (Wildman–Crippen LogP) is 6.86. The third-order valence-electron chi connectivity index (χ3n) is 8.21. The Morgan fingerprint density at radius 3 is 2.46 bits per heavy atom. The Bertz CT molecular complexity index is 1660. The summed E-state index contributed by atoms with van der Waals surface area (Å²) < 4.78 is 19.5. The number of hydrogen-bond acceptors (Lipinski definition) is 7. The Hall–Kier alpha value is -5.05. The Balaban J connectivity index is 1.44. The van der Waals surface area contributed by atoms with Gasteiger partial charge in [-0.05, 0) is 72.9 Å². The van der Waals surface area contributed by atoms with E-state index in [4.69, 9.17) is 14.2 Å². The van der Waals surface area contributed by atoms with Crippen LogP contribution >= 0.6 is 0 Å². The molecular weight excluding hydrogens is 582 g/mol. The van der Waals surface area contributed by atoms with E-state index in [2.05, 4.69) is 11.9 Å². The van der Waals surface area contributed by atoms with Crippen molar-refractivity contribution in [2.24, 2.45) is 0 Å². The molecule has 1 amide bonds. The molecule has 0 aliphatic carbocycles. The van der Waals surface area contributed by atoms with Gasteiger partial charge in [-0.2, -0.15) is 0 Å². The van der Waals surface area contributed by atoms with Gasteiger partial charge in [0, 0.05) is 31.0 Å². The normalized spacial score (nSPS) is 15.7. The van der Waals surface area contributed by atoms with E-state index in [0.29, 0.717) is 61.1 Å². The molecule has 46 heavy (non-hydrogen) atoms. The minimum Gasteiger partial charge on any atom is -0.507 e. The number of unbranched alkanes of at least 4 members (excludes halogenated alkanes) is 2. The van der Waals surface area contributed by atoms with E-state index in [1.807, 2.05) is 48.0 Å². The van der Waals surface area contributed by atoms with Gasteiger partial charge in [-0.3, -0.25) is 9.59 Å². The molecule has 240 valence electrons. The number of aryl methyl sites for hydroxylation is 2. The lowest BCUT2D eigenvalue weighted by Gasteiger charge is -2.26. The highest BCUT2D eigenvalue weighted by molar-refractivity contribution is 6.46. The minimum atomic E-state index is -0.817. The first-order valence-corrected chi connectivity index (χ1v) is 15.7. The van der Waals surface area contributed by atoms with Gasteiger partial charge in [-0.15, -0.1) is 0 Å². The van der Waals surface area contributed by atoms with Gasteiger partial charge < -0.3 is 28.8 Å². The zero-order chi connectivity index (χ0) is 32.5. The van der Waals surface area contributed by atoms with Gasteiger partial charge in [0.2, 0.25) is 0 Å². The largest absolute Gasteiger partial charge is 0.507 e. The number of imidazole rings is 1. The number of aliphatic hydroxyl groups is 1. The number of likely N-dealkylation sites (tertiary alicyclic amines) is 1. The number of nitrogens with zero attached hydrogens (tertiary/aromatic N) is 3. The van der Waals surface area contributed by atoms with Gasteiger partial charge in [-0.1, -0.05) is 50.1 Å². The van der Waals surface area contributed by atoms with E-state index >= 15 is 0 Å². The molecule has 4 aromatic rings. The quantitative estimate of drug-likeness (QED) is 0.0668. The highest BCUT2D eigenvalue weighted by Gasteiger charge is 2.46. The number of hydrogen-bond donors (Lipinski definition) is 1. The van der Waals surface area contributed by atoms with E-state index in [0.717, 1.165) is 30.4 Å². The van der Waals surface area contributed by atoms with Gasteiger partial charge in [0.1, 0.15) is 18.1 Å². The first-order chi connectivity index (χ1) is 22.4. The molecule has 0 spiro atoms. The molecule has 5 rings (SSSR count). The molecule has 9 nitrogen and oxygen atoms in total. The average molecular weight is 624 g/mol. The number of ketones is 1. The van der Waals surface area contributed by atoms with Crippen LogP contribution in [-0.2, 0) is 22.7 Å². The van der Waals surface area contributed by atoms with Crippen LogP contribution in [0.5, 0.6) is 17.2 Å². The molecule has 3 aromatic carbocycles. The molecule has 2 heterocycles.